The topological polar surface area (TPSA) is 46.5 Å². The van der Waals surface area contributed by atoms with Crippen molar-refractivity contribution in [3.63, 3.8) is 0 Å². The maximum Gasteiger partial charge on any atom is 0.282 e. The molecule has 5 heteroatoms. The summed E-state index contributed by atoms with van der Waals surface area (Å²) in [5.41, 5.74) is 1.83. The number of hydrogen-bond donors (Lipinski definition) is 0. The van der Waals surface area contributed by atoms with Gasteiger partial charge in [0.15, 0.2) is 0 Å². The number of sulfonamides is 1. The van der Waals surface area contributed by atoms with Gasteiger partial charge in [0.2, 0.25) is 0 Å². The van der Waals surface area contributed by atoms with Crippen molar-refractivity contribution in [1.82, 2.24) is 0 Å². The van der Waals surface area contributed by atoms with Crippen LogP contribution in [0.3, 0.4) is 0 Å². The first kappa shape index (κ1) is 22.2. The SMILES string of the molecule is Cc1ccc(S(=O)(=O)/N=C(/C(=S)C23CC4CC(CC(C4)C2)C3)C23CC4CC(CC(C4)C2)C3)cc1. The Balaban J connectivity index is 1.34. The van der Waals surface area contributed by atoms with Gasteiger partial charge in [0.05, 0.1) is 10.6 Å². The van der Waals surface area contributed by atoms with Crippen LogP contribution in [0, 0.1) is 53.3 Å². The molecule has 0 unspecified atom stereocenters. The van der Waals surface area contributed by atoms with Crippen LogP contribution < -0.4 is 0 Å². The lowest BCUT2D eigenvalue weighted by atomic mass is 9.44. The zero-order chi connectivity index (χ0) is 23.3. The number of hydrogen-bond acceptors (Lipinski definition) is 3. The van der Waals surface area contributed by atoms with Crippen LogP contribution in [0.2, 0.25) is 0 Å². The van der Waals surface area contributed by atoms with Crippen molar-refractivity contribution in [2.24, 2.45) is 50.7 Å². The molecule has 0 radical (unpaired) electrons. The van der Waals surface area contributed by atoms with Gasteiger partial charge in [-0.15, -0.1) is 0 Å². The minimum absolute atomic E-state index is 0.0229. The van der Waals surface area contributed by atoms with E-state index in [2.05, 4.69) is 0 Å². The molecule has 8 bridgehead atoms. The summed E-state index contributed by atoms with van der Waals surface area (Å²) in [4.78, 5) is 1.29. The van der Waals surface area contributed by atoms with E-state index in [4.69, 9.17) is 16.6 Å². The Hall–Kier alpha value is -1.07. The number of nitrogens with zero attached hydrogens (tertiary/aromatic N) is 1. The van der Waals surface area contributed by atoms with Gasteiger partial charge in [0, 0.05) is 15.7 Å². The normalized spacial score (nSPS) is 44.6. The molecule has 9 rings (SSSR count). The van der Waals surface area contributed by atoms with E-state index in [0.29, 0.717) is 4.90 Å². The number of benzene rings is 1. The molecule has 0 atom stereocenters. The molecule has 0 amide bonds. The molecular formula is C29H37NO2S2. The average molecular weight is 496 g/mol. The quantitative estimate of drug-likeness (QED) is 0.329. The average Bonchev–Trinajstić information content (AvgIpc) is 2.75. The molecule has 8 fully saturated rings. The minimum Gasteiger partial charge on any atom is -0.199 e. The molecule has 3 nitrogen and oxygen atoms in total. The molecule has 0 saturated heterocycles. The van der Waals surface area contributed by atoms with E-state index < -0.39 is 10.0 Å². The van der Waals surface area contributed by atoms with Gasteiger partial charge in [0.1, 0.15) is 0 Å². The highest BCUT2D eigenvalue weighted by molar-refractivity contribution is 7.90. The lowest BCUT2D eigenvalue weighted by Crippen LogP contribution is -2.57. The lowest BCUT2D eigenvalue weighted by Gasteiger charge is -2.60. The van der Waals surface area contributed by atoms with Gasteiger partial charge in [-0.2, -0.15) is 12.8 Å². The molecule has 8 aliphatic carbocycles. The second-order valence-corrected chi connectivity index (χ2v) is 15.5. The van der Waals surface area contributed by atoms with Crippen LogP contribution in [0.25, 0.3) is 0 Å². The van der Waals surface area contributed by atoms with E-state index in [1.54, 1.807) is 12.1 Å². The van der Waals surface area contributed by atoms with Crippen LogP contribution in [0.5, 0.6) is 0 Å². The highest BCUT2D eigenvalue weighted by Crippen LogP contribution is 2.64. The molecule has 1 aromatic carbocycles. The smallest absolute Gasteiger partial charge is 0.199 e. The van der Waals surface area contributed by atoms with Crippen molar-refractivity contribution in [1.29, 1.82) is 0 Å². The van der Waals surface area contributed by atoms with Gasteiger partial charge in [-0.3, -0.25) is 0 Å². The molecule has 1 aromatic rings. The molecule has 8 saturated carbocycles. The molecule has 0 N–H and O–H groups in total. The summed E-state index contributed by atoms with van der Waals surface area (Å²) in [6.45, 7) is 1.99. The minimum atomic E-state index is -3.79. The molecule has 8 aliphatic rings. The molecule has 0 heterocycles. The van der Waals surface area contributed by atoms with Gasteiger partial charge in [0.25, 0.3) is 10.0 Å². The van der Waals surface area contributed by atoms with Crippen LogP contribution in [0.1, 0.15) is 82.6 Å². The van der Waals surface area contributed by atoms with Crippen molar-refractivity contribution in [2.75, 3.05) is 0 Å². The van der Waals surface area contributed by atoms with Gasteiger partial charge >= 0.3 is 0 Å². The van der Waals surface area contributed by atoms with E-state index in [-0.39, 0.29) is 10.8 Å². The van der Waals surface area contributed by atoms with Crippen molar-refractivity contribution < 1.29 is 8.42 Å². The van der Waals surface area contributed by atoms with E-state index in [1.807, 2.05) is 19.1 Å². The first-order chi connectivity index (χ1) is 16.2. The highest BCUT2D eigenvalue weighted by Gasteiger charge is 2.59. The maximum atomic E-state index is 13.7. The molecule has 0 aromatic heterocycles. The predicted molar refractivity (Wildman–Crippen MR) is 140 cm³/mol. The Labute approximate surface area is 210 Å². The zero-order valence-corrected chi connectivity index (χ0v) is 22.0. The fourth-order valence-corrected chi connectivity index (χ4v) is 12.0. The summed E-state index contributed by atoms with van der Waals surface area (Å²) >= 11 is 6.45. The Morgan fingerprint density at radius 2 is 1.12 bits per heavy atom. The third kappa shape index (κ3) is 3.43. The van der Waals surface area contributed by atoms with Gasteiger partial charge in [-0.25, -0.2) is 0 Å². The molecule has 34 heavy (non-hydrogen) atoms. The fraction of sp³-hybridized carbons (Fsp3) is 0.724. The Kier molecular flexibility index (Phi) is 4.87. The molecule has 0 aliphatic heterocycles. The summed E-state index contributed by atoms with van der Waals surface area (Å²) in [6, 6.07) is 7.20. The summed E-state index contributed by atoms with van der Waals surface area (Å²) in [5.74, 6) is 4.56. The third-order valence-corrected chi connectivity index (χ3v) is 12.7. The monoisotopic (exact) mass is 495 g/mol. The first-order valence-electron chi connectivity index (χ1n) is 13.7. The number of aryl methyl sites for hydroxylation is 1. The third-order valence-electron chi connectivity index (χ3n) is 10.8. The van der Waals surface area contributed by atoms with Crippen LogP contribution in [-0.4, -0.2) is 19.0 Å². The lowest BCUT2D eigenvalue weighted by molar-refractivity contribution is -0.0175. The Morgan fingerprint density at radius 3 is 1.53 bits per heavy atom. The molecular weight excluding hydrogens is 458 g/mol. The van der Waals surface area contributed by atoms with Crippen LogP contribution in [0.4, 0.5) is 0 Å². The van der Waals surface area contributed by atoms with Crippen LogP contribution in [-0.2, 0) is 10.0 Å². The standard InChI is InChI=1S/C29H37NO2S2/c1-18-2-4-25(5-3-18)34(31,32)30-26(28-12-19-6-20(13-28)8-21(7-19)14-28)27(33)29-15-22-9-23(16-29)11-24(10-22)17-29/h2-5,19-24H,6-17H2,1H3/b30-26-. The van der Waals surface area contributed by atoms with E-state index in [1.165, 1.54) is 57.8 Å². The first-order valence-corrected chi connectivity index (χ1v) is 15.5. The summed E-state index contributed by atoms with van der Waals surface area (Å²) in [6.07, 6.45) is 14.9. The largest absolute Gasteiger partial charge is 0.282 e. The maximum absolute atomic E-state index is 13.7. The van der Waals surface area contributed by atoms with Crippen LogP contribution in [0.15, 0.2) is 33.6 Å². The molecule has 182 valence electrons. The summed E-state index contributed by atoms with van der Waals surface area (Å²) in [7, 11) is -3.79. The van der Waals surface area contributed by atoms with Crippen molar-refractivity contribution in [3.05, 3.63) is 29.8 Å². The second-order valence-electron chi connectivity index (χ2n) is 13.5. The van der Waals surface area contributed by atoms with Gasteiger partial charge < -0.3 is 0 Å². The van der Waals surface area contributed by atoms with Crippen LogP contribution >= 0.6 is 12.2 Å². The summed E-state index contributed by atoms with van der Waals surface area (Å²) < 4.78 is 32.3. The van der Waals surface area contributed by atoms with E-state index in [9.17, 15) is 8.42 Å². The number of thiocarbonyl (C=S) groups is 1. The number of rotatable bonds is 5. The second kappa shape index (κ2) is 7.47. The zero-order valence-electron chi connectivity index (χ0n) is 20.3. The van der Waals surface area contributed by atoms with Gasteiger partial charge in [-0.1, -0.05) is 29.9 Å². The highest BCUT2D eigenvalue weighted by atomic mass is 32.2. The predicted octanol–water partition coefficient (Wildman–Crippen LogP) is 6.93. The van der Waals surface area contributed by atoms with E-state index >= 15 is 0 Å². The Bertz CT molecular complexity index is 1090. The van der Waals surface area contributed by atoms with Crippen molar-refractivity contribution >= 4 is 32.8 Å². The van der Waals surface area contributed by atoms with Crippen molar-refractivity contribution in [2.45, 2.75) is 88.9 Å². The Morgan fingerprint density at radius 1 is 0.735 bits per heavy atom. The fourth-order valence-electron chi connectivity index (χ4n) is 10.3. The molecule has 0 spiro atoms. The van der Waals surface area contributed by atoms with E-state index in [0.717, 1.165) is 70.9 Å². The van der Waals surface area contributed by atoms with Gasteiger partial charge in [-0.05, 0) is 132 Å². The summed E-state index contributed by atoms with van der Waals surface area (Å²) in [5, 5.41) is 0. The van der Waals surface area contributed by atoms with Crippen molar-refractivity contribution in [3.8, 4) is 0 Å².